The fourth-order valence-electron chi connectivity index (χ4n) is 5.92. The van der Waals surface area contributed by atoms with Gasteiger partial charge in [-0.25, -0.2) is 4.79 Å². The van der Waals surface area contributed by atoms with Crippen molar-refractivity contribution >= 4 is 17.7 Å². The summed E-state index contributed by atoms with van der Waals surface area (Å²) in [4.78, 5) is 41.5. The van der Waals surface area contributed by atoms with Crippen LogP contribution in [0.3, 0.4) is 0 Å². The average Bonchev–Trinajstić information content (AvgIpc) is 3.01. The Labute approximate surface area is 251 Å². The third kappa shape index (κ3) is 6.04. The number of ketones is 1. The molecule has 3 aromatic rings. The summed E-state index contributed by atoms with van der Waals surface area (Å²) in [5.74, 6) is -2.11. The van der Waals surface area contributed by atoms with Gasteiger partial charge in [-0.2, -0.15) is 0 Å². The average molecular weight is 582 g/mol. The maximum atomic E-state index is 14.6. The lowest BCUT2D eigenvalue weighted by molar-refractivity contribution is -0.152. The van der Waals surface area contributed by atoms with Crippen molar-refractivity contribution in [2.75, 3.05) is 20.3 Å². The number of benzene rings is 3. The molecule has 8 heteroatoms. The predicted molar refractivity (Wildman–Crippen MR) is 161 cm³/mol. The first-order chi connectivity index (χ1) is 20.9. The molecular weight excluding hydrogens is 546 g/mol. The number of para-hydroxylation sites is 1. The Morgan fingerprint density at radius 2 is 1.49 bits per heavy atom. The van der Waals surface area contributed by atoms with Crippen molar-refractivity contribution in [3.8, 4) is 17.2 Å². The van der Waals surface area contributed by atoms with E-state index < -0.39 is 35.5 Å². The monoisotopic (exact) mass is 581 g/mol. The van der Waals surface area contributed by atoms with Crippen LogP contribution in [0.1, 0.15) is 50.2 Å². The van der Waals surface area contributed by atoms with Crippen LogP contribution in [-0.4, -0.2) is 38.0 Å². The molecule has 0 radical (unpaired) electrons. The molecule has 2 aliphatic rings. The Morgan fingerprint density at radius 1 is 0.837 bits per heavy atom. The smallest absolute Gasteiger partial charge is 0.336 e. The van der Waals surface area contributed by atoms with Gasteiger partial charge in [0.1, 0.15) is 23.2 Å². The fourth-order valence-corrected chi connectivity index (χ4v) is 5.92. The number of esters is 2. The van der Waals surface area contributed by atoms with Gasteiger partial charge in [-0.1, -0.05) is 42.5 Å². The molecule has 43 heavy (non-hydrogen) atoms. The first kappa shape index (κ1) is 29.6. The number of hydrogen-bond donors (Lipinski definition) is 1. The summed E-state index contributed by atoms with van der Waals surface area (Å²) < 4.78 is 22.4. The molecule has 1 aliphatic carbocycles. The van der Waals surface area contributed by atoms with Gasteiger partial charge < -0.3 is 24.3 Å². The fraction of sp³-hybridized carbons (Fsp3) is 0.286. The van der Waals surface area contributed by atoms with Crippen molar-refractivity contribution in [1.29, 1.82) is 0 Å². The zero-order valence-corrected chi connectivity index (χ0v) is 24.7. The van der Waals surface area contributed by atoms with Crippen molar-refractivity contribution in [2.45, 2.75) is 39.0 Å². The molecule has 1 N–H and O–H groups in total. The lowest BCUT2D eigenvalue weighted by Crippen LogP contribution is -2.43. The van der Waals surface area contributed by atoms with Crippen LogP contribution in [0.4, 0.5) is 0 Å². The highest BCUT2D eigenvalue weighted by molar-refractivity contribution is 6.13. The van der Waals surface area contributed by atoms with E-state index in [4.69, 9.17) is 18.9 Å². The normalized spacial score (nSPS) is 19.7. The minimum absolute atomic E-state index is 0.132. The van der Waals surface area contributed by atoms with E-state index in [2.05, 4.69) is 5.32 Å². The number of rotatable bonds is 9. The number of carbonyl (C=O) groups excluding carboxylic acids is 3. The molecule has 3 atom stereocenters. The number of methoxy groups -OCH3 is 1. The molecule has 8 nitrogen and oxygen atoms in total. The van der Waals surface area contributed by atoms with Gasteiger partial charge in [0.25, 0.3) is 0 Å². The van der Waals surface area contributed by atoms with Gasteiger partial charge in [-0.3, -0.25) is 9.59 Å². The number of ether oxygens (including phenoxy) is 4. The molecule has 3 aromatic carbocycles. The molecule has 222 valence electrons. The van der Waals surface area contributed by atoms with Crippen LogP contribution in [0, 0.1) is 5.92 Å². The molecule has 0 unspecified atom stereocenters. The largest absolute Gasteiger partial charge is 0.497 e. The van der Waals surface area contributed by atoms with Crippen molar-refractivity contribution in [1.82, 2.24) is 5.32 Å². The minimum Gasteiger partial charge on any atom is -0.497 e. The molecule has 0 amide bonds. The minimum atomic E-state index is -1.11. The third-order valence-corrected chi connectivity index (χ3v) is 7.75. The summed E-state index contributed by atoms with van der Waals surface area (Å²) in [6, 6.07) is 24.0. The highest BCUT2D eigenvalue weighted by Crippen LogP contribution is 2.49. The van der Waals surface area contributed by atoms with Gasteiger partial charge in [0.15, 0.2) is 5.78 Å². The van der Waals surface area contributed by atoms with Gasteiger partial charge >= 0.3 is 11.9 Å². The predicted octanol–water partition coefficient (Wildman–Crippen LogP) is 6.20. The van der Waals surface area contributed by atoms with Crippen LogP contribution < -0.4 is 14.8 Å². The molecular formula is C35H35NO7. The van der Waals surface area contributed by atoms with Gasteiger partial charge in [0.05, 0.1) is 25.9 Å². The lowest BCUT2D eigenvalue weighted by Gasteiger charge is -2.39. The summed E-state index contributed by atoms with van der Waals surface area (Å²) in [5, 5.41) is 3.34. The first-order valence-electron chi connectivity index (χ1n) is 14.4. The zero-order valence-electron chi connectivity index (χ0n) is 24.7. The second kappa shape index (κ2) is 13.0. The standard InChI is InChI=1S/C35H35NO7/c1-5-41-34(38)29-21(3)36-28-20-27(22-12-10-16-25(18-22)40-4)31(35(39)42-6-2)33(37)32(28)30(29)23-13-11-17-26(19-23)43-24-14-8-7-9-15-24/h7-19,27,30-31,36H,5-6,20H2,1-4H3/t27-,30-,31-/m1/s1. The first-order valence-corrected chi connectivity index (χ1v) is 14.4. The number of allylic oxidation sites excluding steroid dienone is 3. The summed E-state index contributed by atoms with van der Waals surface area (Å²) >= 11 is 0. The summed E-state index contributed by atoms with van der Waals surface area (Å²) in [6.45, 7) is 5.55. The van der Waals surface area contributed by atoms with E-state index in [9.17, 15) is 14.4 Å². The van der Waals surface area contributed by atoms with E-state index in [1.165, 1.54) is 0 Å². The number of nitrogens with one attached hydrogen (secondary N) is 1. The summed E-state index contributed by atoms with van der Waals surface area (Å²) in [7, 11) is 1.57. The van der Waals surface area contributed by atoms with Gasteiger partial charge in [0, 0.05) is 28.8 Å². The second-order valence-corrected chi connectivity index (χ2v) is 10.4. The van der Waals surface area contributed by atoms with E-state index in [0.717, 1.165) is 5.56 Å². The molecule has 0 saturated carbocycles. The second-order valence-electron chi connectivity index (χ2n) is 10.4. The van der Waals surface area contributed by atoms with E-state index in [1.807, 2.05) is 78.9 Å². The van der Waals surface area contributed by atoms with Gasteiger partial charge in [0.2, 0.25) is 0 Å². The van der Waals surface area contributed by atoms with Crippen LogP contribution in [0.2, 0.25) is 0 Å². The highest BCUT2D eigenvalue weighted by Gasteiger charge is 2.49. The maximum absolute atomic E-state index is 14.6. The molecule has 0 aromatic heterocycles. The van der Waals surface area contributed by atoms with Gasteiger partial charge in [-0.05, 0) is 74.7 Å². The van der Waals surface area contributed by atoms with Crippen LogP contribution in [-0.2, 0) is 23.9 Å². The Hall–Kier alpha value is -4.85. The third-order valence-electron chi connectivity index (χ3n) is 7.75. The Bertz CT molecular complexity index is 1590. The molecule has 0 bridgehead atoms. The molecule has 0 spiro atoms. The van der Waals surface area contributed by atoms with E-state index in [-0.39, 0.29) is 13.2 Å². The number of Topliss-reactive ketones (excluding diaryl/α,β-unsaturated/α-hetero) is 1. The molecule has 5 rings (SSSR count). The molecule has 1 aliphatic heterocycles. The van der Waals surface area contributed by atoms with Gasteiger partial charge in [-0.15, -0.1) is 0 Å². The molecule has 0 fully saturated rings. The Morgan fingerprint density at radius 3 is 2.19 bits per heavy atom. The number of dihydropyridines is 1. The summed E-state index contributed by atoms with van der Waals surface area (Å²) in [5.41, 5.74) is 3.36. The van der Waals surface area contributed by atoms with Crippen molar-refractivity contribution in [2.24, 2.45) is 5.92 Å². The Balaban J connectivity index is 1.65. The molecule has 0 saturated heterocycles. The van der Waals surface area contributed by atoms with Crippen molar-refractivity contribution < 1.29 is 33.3 Å². The highest BCUT2D eigenvalue weighted by atomic mass is 16.5. The number of carbonyl (C=O) groups is 3. The Kier molecular flexibility index (Phi) is 8.95. The van der Waals surface area contributed by atoms with Crippen molar-refractivity contribution in [3.05, 3.63) is 113 Å². The van der Waals surface area contributed by atoms with Crippen molar-refractivity contribution in [3.63, 3.8) is 0 Å². The van der Waals surface area contributed by atoms with E-state index in [1.54, 1.807) is 27.9 Å². The maximum Gasteiger partial charge on any atom is 0.336 e. The topological polar surface area (TPSA) is 100 Å². The summed E-state index contributed by atoms with van der Waals surface area (Å²) in [6.07, 6.45) is 0.349. The van der Waals surface area contributed by atoms with Crippen LogP contribution in [0.5, 0.6) is 17.2 Å². The SMILES string of the molecule is CCOC(=O)C1=C(C)NC2=C(C(=O)[C@H](C(=O)OCC)[C@@H](c3cccc(OC)c3)C2)[C@@H]1c1cccc(Oc2ccccc2)c1. The van der Waals surface area contributed by atoms with E-state index in [0.29, 0.717) is 51.8 Å². The quantitative estimate of drug-likeness (QED) is 0.236. The number of hydrogen-bond acceptors (Lipinski definition) is 8. The molecule has 1 heterocycles. The van der Waals surface area contributed by atoms with Crippen LogP contribution in [0.25, 0.3) is 0 Å². The zero-order chi connectivity index (χ0) is 30.5. The van der Waals surface area contributed by atoms with Crippen LogP contribution in [0.15, 0.2) is 101 Å². The van der Waals surface area contributed by atoms with Crippen LogP contribution >= 0.6 is 0 Å². The van der Waals surface area contributed by atoms with E-state index >= 15 is 0 Å². The lowest BCUT2D eigenvalue weighted by atomic mass is 9.67.